The third-order valence-corrected chi connectivity index (χ3v) is 4.40. The van der Waals surface area contributed by atoms with Gasteiger partial charge < -0.3 is 4.74 Å². The first-order chi connectivity index (χ1) is 10.5. The largest absolute Gasteiger partial charge is 0.483 e. The molecular formula is C15H18BrClN2O3. The van der Waals surface area contributed by atoms with E-state index in [2.05, 4.69) is 26.8 Å². The summed E-state index contributed by atoms with van der Waals surface area (Å²) in [7, 11) is 0. The van der Waals surface area contributed by atoms with Crippen LogP contribution in [0, 0.1) is 5.92 Å². The molecule has 0 saturated heterocycles. The Morgan fingerprint density at radius 1 is 1.23 bits per heavy atom. The summed E-state index contributed by atoms with van der Waals surface area (Å²) in [6.45, 7) is -0.191. The van der Waals surface area contributed by atoms with Crippen molar-refractivity contribution in [1.29, 1.82) is 0 Å². The van der Waals surface area contributed by atoms with E-state index >= 15 is 0 Å². The number of carbonyl (C=O) groups excluding carboxylic acids is 2. The lowest BCUT2D eigenvalue weighted by Gasteiger charge is -2.11. The molecule has 1 aliphatic carbocycles. The van der Waals surface area contributed by atoms with Gasteiger partial charge in [0, 0.05) is 11.4 Å². The van der Waals surface area contributed by atoms with Crippen molar-refractivity contribution in [3.63, 3.8) is 0 Å². The average molecular weight is 390 g/mol. The Bertz CT molecular complexity index is 548. The Morgan fingerprint density at radius 3 is 2.59 bits per heavy atom. The quantitative estimate of drug-likeness (QED) is 0.760. The highest BCUT2D eigenvalue weighted by Gasteiger charge is 2.18. The molecule has 0 radical (unpaired) electrons. The fourth-order valence-electron chi connectivity index (χ4n) is 2.44. The molecule has 1 aromatic rings. The predicted octanol–water partition coefficient (Wildman–Crippen LogP) is 3.21. The standard InChI is InChI=1S/C15H18BrClN2O3/c16-12-8-11(17)5-6-13(12)22-9-15(21)19-18-14(20)7-10-3-1-2-4-10/h5-6,8,10H,1-4,7,9H2,(H,18,20)(H,19,21). The molecule has 7 heteroatoms. The van der Waals surface area contributed by atoms with Crippen LogP contribution in [0.2, 0.25) is 5.02 Å². The van der Waals surface area contributed by atoms with Gasteiger partial charge in [-0.05, 0) is 52.9 Å². The molecule has 0 heterocycles. The van der Waals surface area contributed by atoms with E-state index < -0.39 is 5.91 Å². The highest BCUT2D eigenvalue weighted by atomic mass is 79.9. The molecule has 0 atom stereocenters. The smallest absolute Gasteiger partial charge is 0.276 e. The van der Waals surface area contributed by atoms with E-state index in [4.69, 9.17) is 16.3 Å². The van der Waals surface area contributed by atoms with Gasteiger partial charge in [-0.15, -0.1) is 0 Å². The molecule has 2 rings (SSSR count). The van der Waals surface area contributed by atoms with Gasteiger partial charge in [0.15, 0.2) is 6.61 Å². The topological polar surface area (TPSA) is 67.4 Å². The van der Waals surface area contributed by atoms with Gasteiger partial charge >= 0.3 is 0 Å². The molecule has 1 saturated carbocycles. The molecule has 0 unspecified atom stereocenters. The van der Waals surface area contributed by atoms with Gasteiger partial charge in [0.1, 0.15) is 5.75 Å². The van der Waals surface area contributed by atoms with Gasteiger partial charge in [-0.1, -0.05) is 24.4 Å². The number of hydrogen-bond donors (Lipinski definition) is 2. The van der Waals surface area contributed by atoms with Crippen molar-refractivity contribution in [1.82, 2.24) is 10.9 Å². The zero-order chi connectivity index (χ0) is 15.9. The van der Waals surface area contributed by atoms with E-state index in [1.165, 1.54) is 12.8 Å². The summed E-state index contributed by atoms with van der Waals surface area (Å²) in [5, 5.41) is 0.572. The Morgan fingerprint density at radius 2 is 1.91 bits per heavy atom. The van der Waals surface area contributed by atoms with Crippen LogP contribution >= 0.6 is 27.5 Å². The van der Waals surface area contributed by atoms with Crippen LogP contribution in [0.25, 0.3) is 0 Å². The monoisotopic (exact) mass is 388 g/mol. The van der Waals surface area contributed by atoms with Gasteiger partial charge in [0.25, 0.3) is 5.91 Å². The summed E-state index contributed by atoms with van der Waals surface area (Å²) < 4.78 is 6.02. The molecule has 22 heavy (non-hydrogen) atoms. The van der Waals surface area contributed by atoms with Gasteiger partial charge in [-0.2, -0.15) is 0 Å². The number of benzene rings is 1. The maximum absolute atomic E-state index is 11.7. The molecule has 120 valence electrons. The first-order valence-corrected chi connectivity index (χ1v) is 8.37. The van der Waals surface area contributed by atoms with Gasteiger partial charge in [-0.3, -0.25) is 20.4 Å². The minimum atomic E-state index is -0.415. The van der Waals surface area contributed by atoms with E-state index in [1.807, 2.05) is 0 Å². The molecule has 0 aromatic heterocycles. The van der Waals surface area contributed by atoms with Crippen molar-refractivity contribution in [3.8, 4) is 5.75 Å². The number of nitrogens with one attached hydrogen (secondary N) is 2. The molecule has 1 fully saturated rings. The normalized spacial score (nSPS) is 14.6. The lowest BCUT2D eigenvalue weighted by atomic mass is 10.0. The third kappa shape index (κ3) is 5.50. The van der Waals surface area contributed by atoms with Crippen molar-refractivity contribution in [3.05, 3.63) is 27.7 Å². The molecule has 2 N–H and O–H groups in total. The number of amides is 2. The Labute approximate surface area is 142 Å². The molecule has 2 amide bonds. The molecule has 0 bridgehead atoms. The van der Waals surface area contributed by atoms with E-state index in [-0.39, 0.29) is 12.5 Å². The predicted molar refractivity (Wildman–Crippen MR) is 87.5 cm³/mol. The first kappa shape index (κ1) is 17.1. The van der Waals surface area contributed by atoms with Crippen molar-refractivity contribution in [2.24, 2.45) is 5.92 Å². The summed E-state index contributed by atoms with van der Waals surface area (Å²) in [5.74, 6) is 0.379. The van der Waals surface area contributed by atoms with Crippen molar-refractivity contribution in [2.45, 2.75) is 32.1 Å². The van der Waals surface area contributed by atoms with Crippen LogP contribution in [0.3, 0.4) is 0 Å². The summed E-state index contributed by atoms with van der Waals surface area (Å²) in [5.41, 5.74) is 4.77. The first-order valence-electron chi connectivity index (χ1n) is 7.20. The Hall–Kier alpha value is -1.27. The van der Waals surface area contributed by atoms with E-state index in [0.717, 1.165) is 12.8 Å². The van der Waals surface area contributed by atoms with Gasteiger partial charge in [0.05, 0.1) is 4.47 Å². The number of halogens is 2. The maximum Gasteiger partial charge on any atom is 0.276 e. The van der Waals surface area contributed by atoms with Gasteiger partial charge in [0.2, 0.25) is 5.91 Å². The molecular weight excluding hydrogens is 372 g/mol. The third-order valence-electron chi connectivity index (χ3n) is 3.54. The second-order valence-electron chi connectivity index (χ2n) is 5.31. The van der Waals surface area contributed by atoms with Crippen LogP contribution in [0.15, 0.2) is 22.7 Å². The molecule has 5 nitrogen and oxygen atoms in total. The highest BCUT2D eigenvalue weighted by molar-refractivity contribution is 9.10. The van der Waals surface area contributed by atoms with E-state index in [9.17, 15) is 9.59 Å². The number of ether oxygens (including phenoxy) is 1. The second kappa shape index (κ2) is 8.39. The second-order valence-corrected chi connectivity index (χ2v) is 6.61. The van der Waals surface area contributed by atoms with Crippen LogP contribution in [-0.2, 0) is 9.59 Å². The summed E-state index contributed by atoms with van der Waals surface area (Å²) >= 11 is 9.12. The van der Waals surface area contributed by atoms with Crippen LogP contribution in [0.4, 0.5) is 0 Å². The van der Waals surface area contributed by atoms with Crippen LogP contribution in [-0.4, -0.2) is 18.4 Å². The lowest BCUT2D eigenvalue weighted by Crippen LogP contribution is -2.44. The van der Waals surface area contributed by atoms with Crippen molar-refractivity contribution in [2.75, 3.05) is 6.61 Å². The Balaban J connectivity index is 1.68. The zero-order valence-corrected chi connectivity index (χ0v) is 14.4. The van der Waals surface area contributed by atoms with Gasteiger partial charge in [-0.25, -0.2) is 0 Å². The lowest BCUT2D eigenvalue weighted by molar-refractivity contribution is -0.130. The SMILES string of the molecule is O=C(COc1ccc(Cl)cc1Br)NNC(=O)CC1CCCC1. The Kier molecular flexibility index (Phi) is 6.51. The molecule has 0 spiro atoms. The number of hydrazine groups is 1. The summed E-state index contributed by atoms with van der Waals surface area (Å²) in [6.07, 6.45) is 5.02. The van der Waals surface area contributed by atoms with Crippen LogP contribution in [0.5, 0.6) is 5.75 Å². The summed E-state index contributed by atoms with van der Waals surface area (Å²) in [4.78, 5) is 23.3. The molecule has 1 aromatic carbocycles. The number of rotatable bonds is 5. The van der Waals surface area contributed by atoms with Crippen LogP contribution in [0.1, 0.15) is 32.1 Å². The zero-order valence-electron chi connectivity index (χ0n) is 12.0. The highest BCUT2D eigenvalue weighted by Crippen LogP contribution is 2.28. The number of carbonyl (C=O) groups is 2. The minimum absolute atomic E-state index is 0.159. The maximum atomic E-state index is 11.7. The van der Waals surface area contributed by atoms with E-state index in [0.29, 0.717) is 27.6 Å². The minimum Gasteiger partial charge on any atom is -0.483 e. The molecule has 1 aliphatic rings. The molecule has 0 aliphatic heterocycles. The van der Waals surface area contributed by atoms with Crippen molar-refractivity contribution >= 4 is 39.3 Å². The fourth-order valence-corrected chi connectivity index (χ4v) is 3.24. The van der Waals surface area contributed by atoms with Crippen LogP contribution < -0.4 is 15.6 Å². The summed E-state index contributed by atoms with van der Waals surface area (Å²) in [6, 6.07) is 5.01. The fraction of sp³-hybridized carbons (Fsp3) is 0.467. The number of hydrogen-bond acceptors (Lipinski definition) is 3. The average Bonchev–Trinajstić information content (AvgIpc) is 2.97. The van der Waals surface area contributed by atoms with Crippen molar-refractivity contribution < 1.29 is 14.3 Å². The van der Waals surface area contributed by atoms with E-state index in [1.54, 1.807) is 18.2 Å².